The number of thiocarbonyl (C=S) groups is 1. The van der Waals surface area contributed by atoms with Crippen molar-refractivity contribution in [1.29, 1.82) is 0 Å². The molecule has 2 amide bonds. The van der Waals surface area contributed by atoms with Gasteiger partial charge < -0.3 is 0 Å². The summed E-state index contributed by atoms with van der Waals surface area (Å²) in [6, 6.07) is 14.2. The van der Waals surface area contributed by atoms with Crippen LogP contribution in [-0.4, -0.2) is 21.1 Å². The Morgan fingerprint density at radius 1 is 1.16 bits per heavy atom. The summed E-state index contributed by atoms with van der Waals surface area (Å²) >= 11 is 12.2. The van der Waals surface area contributed by atoms with E-state index in [1.54, 1.807) is 30.3 Å². The van der Waals surface area contributed by atoms with Crippen LogP contribution in [0.2, 0.25) is 5.02 Å². The number of nitrogens with zero attached hydrogens (tertiary/aromatic N) is 1. The SMILES string of the molecule is Cc1ccc(/C=C2/SC(=S)N(NC(=O)c3ccc(Cl)cc3)C2=O)cc1. The van der Waals surface area contributed by atoms with Gasteiger partial charge in [-0.2, -0.15) is 5.01 Å². The van der Waals surface area contributed by atoms with Gasteiger partial charge in [0.2, 0.25) is 0 Å². The first-order chi connectivity index (χ1) is 11.9. The minimum absolute atomic E-state index is 0.283. The van der Waals surface area contributed by atoms with Gasteiger partial charge in [0.1, 0.15) is 0 Å². The van der Waals surface area contributed by atoms with Gasteiger partial charge in [-0.15, -0.1) is 0 Å². The van der Waals surface area contributed by atoms with E-state index in [0.29, 0.717) is 15.5 Å². The number of rotatable bonds is 3. The lowest BCUT2D eigenvalue weighted by molar-refractivity contribution is -0.123. The van der Waals surface area contributed by atoms with Crippen molar-refractivity contribution in [2.24, 2.45) is 0 Å². The summed E-state index contributed by atoms with van der Waals surface area (Å²) in [5.74, 6) is -0.776. The molecule has 1 saturated heterocycles. The highest BCUT2D eigenvalue weighted by molar-refractivity contribution is 8.26. The number of amides is 2. The predicted molar refractivity (Wildman–Crippen MR) is 105 cm³/mol. The minimum Gasteiger partial charge on any atom is -0.267 e. The molecule has 1 aliphatic rings. The van der Waals surface area contributed by atoms with Crippen molar-refractivity contribution < 1.29 is 9.59 Å². The zero-order valence-corrected chi connectivity index (χ0v) is 15.5. The summed E-state index contributed by atoms with van der Waals surface area (Å²) < 4.78 is 0.283. The third kappa shape index (κ3) is 4.10. The van der Waals surface area contributed by atoms with E-state index < -0.39 is 5.91 Å². The lowest BCUT2D eigenvalue weighted by atomic mass is 10.1. The second-order valence-corrected chi connectivity index (χ2v) is 7.49. The Hall–Kier alpha value is -2.15. The van der Waals surface area contributed by atoms with Gasteiger partial charge in [-0.05, 0) is 55.0 Å². The molecule has 3 rings (SSSR count). The van der Waals surface area contributed by atoms with Gasteiger partial charge in [0.15, 0.2) is 4.32 Å². The summed E-state index contributed by atoms with van der Waals surface area (Å²) in [4.78, 5) is 25.3. The molecule has 126 valence electrons. The van der Waals surface area contributed by atoms with E-state index in [1.165, 1.54) is 0 Å². The van der Waals surface area contributed by atoms with Crippen LogP contribution < -0.4 is 5.43 Å². The fraction of sp³-hybridized carbons (Fsp3) is 0.0556. The number of carbonyl (C=O) groups excluding carboxylic acids is 2. The van der Waals surface area contributed by atoms with Crippen molar-refractivity contribution in [2.45, 2.75) is 6.92 Å². The van der Waals surface area contributed by atoms with Crippen LogP contribution in [0.3, 0.4) is 0 Å². The van der Waals surface area contributed by atoms with Gasteiger partial charge in [0.05, 0.1) is 4.91 Å². The molecule has 7 heteroatoms. The van der Waals surface area contributed by atoms with E-state index in [4.69, 9.17) is 23.8 Å². The van der Waals surface area contributed by atoms with E-state index in [-0.39, 0.29) is 10.2 Å². The van der Waals surface area contributed by atoms with Crippen LogP contribution in [0, 0.1) is 6.92 Å². The average Bonchev–Trinajstić information content (AvgIpc) is 2.85. The Bertz CT molecular complexity index is 877. The van der Waals surface area contributed by atoms with Crippen molar-refractivity contribution in [3.8, 4) is 0 Å². The maximum Gasteiger partial charge on any atom is 0.285 e. The van der Waals surface area contributed by atoms with Crippen LogP contribution >= 0.6 is 35.6 Å². The van der Waals surface area contributed by atoms with Crippen LogP contribution in [0.4, 0.5) is 0 Å². The molecule has 2 aromatic carbocycles. The molecule has 0 bridgehead atoms. The quantitative estimate of drug-likeness (QED) is 0.632. The third-order valence-corrected chi connectivity index (χ3v) is 5.04. The summed E-state index contributed by atoms with van der Waals surface area (Å²) in [6.07, 6.45) is 1.76. The van der Waals surface area contributed by atoms with Crippen molar-refractivity contribution in [3.63, 3.8) is 0 Å². The van der Waals surface area contributed by atoms with Crippen LogP contribution in [0.25, 0.3) is 6.08 Å². The molecule has 25 heavy (non-hydrogen) atoms. The minimum atomic E-state index is -0.426. The summed E-state index contributed by atoms with van der Waals surface area (Å²) in [5.41, 5.74) is 4.96. The second kappa shape index (κ2) is 7.39. The molecule has 1 fully saturated rings. The van der Waals surface area contributed by atoms with Crippen LogP contribution in [-0.2, 0) is 4.79 Å². The van der Waals surface area contributed by atoms with Gasteiger partial charge in [0.25, 0.3) is 11.8 Å². The topological polar surface area (TPSA) is 49.4 Å². The molecule has 4 nitrogen and oxygen atoms in total. The van der Waals surface area contributed by atoms with E-state index >= 15 is 0 Å². The maximum absolute atomic E-state index is 12.5. The molecular weight excluding hydrogens is 376 g/mol. The highest BCUT2D eigenvalue weighted by Gasteiger charge is 2.33. The molecule has 0 aromatic heterocycles. The van der Waals surface area contributed by atoms with Crippen LogP contribution in [0.15, 0.2) is 53.4 Å². The molecule has 0 saturated carbocycles. The van der Waals surface area contributed by atoms with Gasteiger partial charge in [-0.3, -0.25) is 15.0 Å². The molecule has 0 radical (unpaired) electrons. The zero-order chi connectivity index (χ0) is 18.0. The number of thioether (sulfide) groups is 1. The molecule has 0 atom stereocenters. The van der Waals surface area contributed by atoms with E-state index in [9.17, 15) is 9.59 Å². The van der Waals surface area contributed by atoms with E-state index in [1.807, 2.05) is 31.2 Å². The van der Waals surface area contributed by atoms with Gasteiger partial charge in [0, 0.05) is 10.6 Å². The molecule has 2 aromatic rings. The number of benzene rings is 2. The Morgan fingerprint density at radius 3 is 2.44 bits per heavy atom. The van der Waals surface area contributed by atoms with Crippen molar-refractivity contribution in [3.05, 3.63) is 75.1 Å². The molecule has 1 aliphatic heterocycles. The number of aryl methyl sites for hydroxylation is 1. The maximum atomic E-state index is 12.5. The highest BCUT2D eigenvalue weighted by atomic mass is 35.5. The zero-order valence-electron chi connectivity index (χ0n) is 13.2. The fourth-order valence-electron chi connectivity index (χ4n) is 2.15. The highest BCUT2D eigenvalue weighted by Crippen LogP contribution is 2.31. The first-order valence-corrected chi connectivity index (χ1v) is 8.95. The molecular formula is C18H13ClN2O2S2. The van der Waals surface area contributed by atoms with Gasteiger partial charge >= 0.3 is 0 Å². The number of halogens is 1. The number of nitrogens with one attached hydrogen (secondary N) is 1. The van der Waals surface area contributed by atoms with E-state index in [0.717, 1.165) is 27.9 Å². The smallest absolute Gasteiger partial charge is 0.267 e. The fourth-order valence-corrected chi connectivity index (χ4v) is 3.45. The Labute approximate surface area is 159 Å². The largest absolute Gasteiger partial charge is 0.285 e. The summed E-state index contributed by atoms with van der Waals surface area (Å²) in [6.45, 7) is 2.00. The lowest BCUT2D eigenvalue weighted by Crippen LogP contribution is -2.44. The van der Waals surface area contributed by atoms with E-state index in [2.05, 4.69) is 5.43 Å². The first kappa shape index (κ1) is 17.7. The van der Waals surface area contributed by atoms with Gasteiger partial charge in [-0.25, -0.2) is 0 Å². The lowest BCUT2D eigenvalue weighted by Gasteiger charge is -2.15. The normalized spacial score (nSPS) is 15.8. The first-order valence-electron chi connectivity index (χ1n) is 7.35. The molecule has 1 heterocycles. The molecule has 0 aliphatic carbocycles. The Morgan fingerprint density at radius 2 is 1.80 bits per heavy atom. The standard InChI is InChI=1S/C18H13ClN2O2S2/c1-11-2-4-12(5-3-11)10-15-17(23)21(18(24)25-15)20-16(22)13-6-8-14(19)9-7-13/h2-10H,1H3,(H,20,22)/b15-10+. The van der Waals surface area contributed by atoms with Crippen molar-refractivity contribution in [2.75, 3.05) is 0 Å². The number of hydrogen-bond acceptors (Lipinski definition) is 4. The monoisotopic (exact) mass is 388 g/mol. The third-order valence-electron chi connectivity index (χ3n) is 3.49. The molecule has 0 spiro atoms. The van der Waals surface area contributed by atoms with Crippen LogP contribution in [0.1, 0.15) is 21.5 Å². The van der Waals surface area contributed by atoms with Gasteiger partial charge in [-0.1, -0.05) is 53.2 Å². The number of carbonyl (C=O) groups is 2. The molecule has 1 N–H and O–H groups in total. The summed E-state index contributed by atoms with van der Waals surface area (Å²) in [5, 5.41) is 1.62. The number of hydrazine groups is 1. The Balaban J connectivity index is 1.76. The average molecular weight is 389 g/mol. The summed E-state index contributed by atoms with van der Waals surface area (Å²) in [7, 11) is 0. The van der Waals surface area contributed by atoms with Crippen molar-refractivity contribution >= 4 is 57.8 Å². The molecule has 0 unspecified atom stereocenters. The van der Waals surface area contributed by atoms with Crippen LogP contribution in [0.5, 0.6) is 0 Å². The second-order valence-electron chi connectivity index (χ2n) is 5.38. The number of hydrogen-bond donors (Lipinski definition) is 1. The van der Waals surface area contributed by atoms with Crippen molar-refractivity contribution in [1.82, 2.24) is 10.4 Å². The predicted octanol–water partition coefficient (Wildman–Crippen LogP) is 4.19. The Kier molecular flexibility index (Phi) is 5.22.